The molecule has 2 amide bonds. The fourth-order valence-corrected chi connectivity index (χ4v) is 2.45. The highest BCUT2D eigenvalue weighted by atomic mass is 16.5. The van der Waals surface area contributed by atoms with Gasteiger partial charge in [-0.3, -0.25) is 10.1 Å². The van der Waals surface area contributed by atoms with Crippen LogP contribution in [0, 0.1) is 0 Å². The van der Waals surface area contributed by atoms with Gasteiger partial charge < -0.3 is 14.4 Å². The second-order valence-corrected chi connectivity index (χ2v) is 5.88. The third-order valence-electron chi connectivity index (χ3n) is 3.53. The highest BCUT2D eigenvalue weighted by molar-refractivity contribution is 5.91. The fraction of sp³-hybridized carbons (Fsp3) is 0.625. The molecule has 1 N–H and O–H groups in total. The lowest BCUT2D eigenvalue weighted by atomic mass is 10.2. The Morgan fingerprint density at radius 3 is 2.50 bits per heavy atom. The molecule has 0 aliphatic carbocycles. The van der Waals surface area contributed by atoms with Gasteiger partial charge in [-0.25, -0.2) is 14.8 Å². The Labute approximate surface area is 141 Å². The third kappa shape index (κ3) is 5.16. The minimum Gasteiger partial charge on any atom is -0.449 e. The highest BCUT2D eigenvalue weighted by Gasteiger charge is 2.27. The van der Waals surface area contributed by atoms with E-state index in [1.807, 2.05) is 20.8 Å². The summed E-state index contributed by atoms with van der Waals surface area (Å²) in [7, 11) is 0. The fourth-order valence-electron chi connectivity index (χ4n) is 2.45. The highest BCUT2D eigenvalue weighted by Crippen LogP contribution is 2.13. The van der Waals surface area contributed by atoms with Gasteiger partial charge in [0.05, 0.1) is 36.9 Å². The zero-order valence-corrected chi connectivity index (χ0v) is 14.3. The molecule has 2 atom stereocenters. The molecule has 1 saturated heterocycles. The van der Waals surface area contributed by atoms with E-state index >= 15 is 0 Å². The van der Waals surface area contributed by atoms with Crippen LogP contribution >= 0.6 is 0 Å². The predicted molar refractivity (Wildman–Crippen MR) is 87.8 cm³/mol. The Morgan fingerprint density at radius 2 is 1.92 bits per heavy atom. The van der Waals surface area contributed by atoms with Gasteiger partial charge in [0.25, 0.3) is 5.91 Å². The van der Waals surface area contributed by atoms with Gasteiger partial charge in [-0.15, -0.1) is 0 Å². The van der Waals surface area contributed by atoms with Crippen LogP contribution in [0.25, 0.3) is 0 Å². The van der Waals surface area contributed by atoms with Gasteiger partial charge in [-0.1, -0.05) is 13.3 Å². The minimum atomic E-state index is -0.554. The number of amides is 2. The van der Waals surface area contributed by atoms with Crippen molar-refractivity contribution in [3.63, 3.8) is 0 Å². The molecule has 0 unspecified atom stereocenters. The van der Waals surface area contributed by atoms with Gasteiger partial charge in [0.2, 0.25) is 5.82 Å². The molecule has 0 bridgehead atoms. The summed E-state index contributed by atoms with van der Waals surface area (Å²) in [5.41, 5.74) is 0.386. The molecule has 1 aromatic heterocycles. The average Bonchev–Trinajstić information content (AvgIpc) is 2.54. The molecule has 132 valence electrons. The number of anilines is 1. The number of carbonyl (C=O) groups excluding carboxylic acids is 2. The largest absolute Gasteiger partial charge is 0.449 e. The third-order valence-corrected chi connectivity index (χ3v) is 3.53. The molecule has 0 saturated carbocycles. The van der Waals surface area contributed by atoms with E-state index in [0.29, 0.717) is 25.4 Å². The Morgan fingerprint density at radius 1 is 1.29 bits per heavy atom. The first-order valence-corrected chi connectivity index (χ1v) is 8.20. The molecule has 0 aromatic carbocycles. The number of nitrogens with one attached hydrogen (secondary N) is 1. The van der Waals surface area contributed by atoms with E-state index in [-0.39, 0.29) is 23.9 Å². The van der Waals surface area contributed by atoms with Crippen LogP contribution in [-0.2, 0) is 9.47 Å². The van der Waals surface area contributed by atoms with E-state index in [1.54, 1.807) is 4.90 Å². The molecule has 8 heteroatoms. The van der Waals surface area contributed by atoms with Crippen LogP contribution in [0.3, 0.4) is 0 Å². The van der Waals surface area contributed by atoms with Crippen LogP contribution in [0.15, 0.2) is 12.4 Å². The quantitative estimate of drug-likeness (QED) is 0.827. The SMILES string of the molecule is CCCCOC(=O)Nc1cnc(C(=O)N2C[C@@H](C)O[C@@H](C)C2)nc1. The zero-order chi connectivity index (χ0) is 17.5. The number of hydrogen-bond donors (Lipinski definition) is 1. The van der Waals surface area contributed by atoms with Crippen LogP contribution < -0.4 is 5.32 Å². The molecular weight excluding hydrogens is 312 g/mol. The van der Waals surface area contributed by atoms with Crippen molar-refractivity contribution in [1.29, 1.82) is 0 Å². The van der Waals surface area contributed by atoms with Crippen molar-refractivity contribution in [2.75, 3.05) is 25.0 Å². The van der Waals surface area contributed by atoms with Crippen molar-refractivity contribution in [3.05, 3.63) is 18.2 Å². The molecule has 0 radical (unpaired) electrons. The van der Waals surface area contributed by atoms with Crippen molar-refractivity contribution in [2.24, 2.45) is 0 Å². The number of hydrogen-bond acceptors (Lipinski definition) is 6. The standard InChI is InChI=1S/C16H24N4O4/c1-4-5-6-23-16(22)19-13-7-17-14(18-8-13)15(21)20-9-11(2)24-12(3)10-20/h7-8,11-12H,4-6,9-10H2,1-3H3,(H,19,22)/t11-,12+. The Hall–Kier alpha value is -2.22. The molecule has 1 aromatic rings. The normalized spacial score (nSPS) is 20.5. The van der Waals surface area contributed by atoms with Crippen molar-refractivity contribution in [1.82, 2.24) is 14.9 Å². The number of carbonyl (C=O) groups is 2. The van der Waals surface area contributed by atoms with E-state index in [9.17, 15) is 9.59 Å². The number of rotatable bonds is 5. The molecule has 24 heavy (non-hydrogen) atoms. The summed E-state index contributed by atoms with van der Waals surface area (Å²) in [6.45, 7) is 7.25. The Bertz CT molecular complexity index is 554. The molecule has 8 nitrogen and oxygen atoms in total. The maximum atomic E-state index is 12.4. The van der Waals surface area contributed by atoms with Gasteiger partial charge in [0, 0.05) is 13.1 Å². The van der Waals surface area contributed by atoms with Crippen LogP contribution in [0.1, 0.15) is 44.2 Å². The summed E-state index contributed by atoms with van der Waals surface area (Å²) in [6, 6.07) is 0. The maximum absolute atomic E-state index is 12.4. The molecule has 1 fully saturated rings. The number of ether oxygens (including phenoxy) is 2. The van der Waals surface area contributed by atoms with E-state index in [2.05, 4.69) is 15.3 Å². The minimum absolute atomic E-state index is 0.0171. The van der Waals surface area contributed by atoms with Gasteiger partial charge in [0.15, 0.2) is 0 Å². The number of aromatic nitrogens is 2. The van der Waals surface area contributed by atoms with Crippen molar-refractivity contribution in [3.8, 4) is 0 Å². The molecule has 2 rings (SSSR count). The molecular formula is C16H24N4O4. The Balaban J connectivity index is 1.91. The lowest BCUT2D eigenvalue weighted by Crippen LogP contribution is -2.48. The van der Waals surface area contributed by atoms with E-state index in [0.717, 1.165) is 12.8 Å². The van der Waals surface area contributed by atoms with Gasteiger partial charge >= 0.3 is 6.09 Å². The summed E-state index contributed by atoms with van der Waals surface area (Å²) in [5, 5.41) is 2.53. The summed E-state index contributed by atoms with van der Waals surface area (Å²) in [5.74, 6) is -0.143. The lowest BCUT2D eigenvalue weighted by Gasteiger charge is -2.34. The van der Waals surface area contributed by atoms with E-state index in [1.165, 1.54) is 12.4 Å². The zero-order valence-electron chi connectivity index (χ0n) is 14.3. The topological polar surface area (TPSA) is 93.6 Å². The molecule has 1 aliphatic rings. The number of morpholine rings is 1. The maximum Gasteiger partial charge on any atom is 0.411 e. The smallest absolute Gasteiger partial charge is 0.411 e. The van der Waals surface area contributed by atoms with E-state index < -0.39 is 6.09 Å². The number of unbranched alkanes of at least 4 members (excludes halogenated alkanes) is 1. The monoisotopic (exact) mass is 336 g/mol. The van der Waals surface area contributed by atoms with Crippen LogP contribution in [0.4, 0.5) is 10.5 Å². The van der Waals surface area contributed by atoms with Crippen molar-refractivity contribution < 1.29 is 19.1 Å². The lowest BCUT2D eigenvalue weighted by molar-refractivity contribution is -0.0588. The first-order chi connectivity index (χ1) is 11.5. The molecule has 2 heterocycles. The summed E-state index contributed by atoms with van der Waals surface area (Å²) in [6.07, 6.45) is 3.97. The van der Waals surface area contributed by atoms with Gasteiger partial charge in [-0.05, 0) is 20.3 Å². The Kier molecular flexibility index (Phi) is 6.48. The van der Waals surface area contributed by atoms with E-state index in [4.69, 9.17) is 9.47 Å². The first-order valence-electron chi connectivity index (χ1n) is 8.20. The van der Waals surface area contributed by atoms with Gasteiger partial charge in [-0.2, -0.15) is 0 Å². The van der Waals surface area contributed by atoms with Crippen molar-refractivity contribution >= 4 is 17.7 Å². The average molecular weight is 336 g/mol. The molecule has 1 aliphatic heterocycles. The first kappa shape index (κ1) is 18.1. The summed E-state index contributed by atoms with van der Waals surface area (Å²) >= 11 is 0. The molecule has 0 spiro atoms. The second-order valence-electron chi connectivity index (χ2n) is 5.88. The van der Waals surface area contributed by atoms with Crippen molar-refractivity contribution in [2.45, 2.75) is 45.8 Å². The number of nitrogens with zero attached hydrogens (tertiary/aromatic N) is 3. The van der Waals surface area contributed by atoms with Crippen LogP contribution in [0.2, 0.25) is 0 Å². The second kappa shape index (κ2) is 8.58. The predicted octanol–water partition coefficient (Wildman–Crippen LogP) is 2.07. The van der Waals surface area contributed by atoms with Gasteiger partial charge in [0.1, 0.15) is 0 Å². The van der Waals surface area contributed by atoms with Crippen LogP contribution in [0.5, 0.6) is 0 Å². The summed E-state index contributed by atoms with van der Waals surface area (Å²) in [4.78, 5) is 33.7. The van der Waals surface area contributed by atoms with Crippen LogP contribution in [-0.4, -0.2) is 58.8 Å². The summed E-state index contributed by atoms with van der Waals surface area (Å²) < 4.78 is 10.6.